The highest BCUT2D eigenvalue weighted by atomic mass is 19.1. The molecule has 0 bridgehead atoms. The van der Waals surface area contributed by atoms with Crippen LogP contribution in [0.15, 0.2) is 0 Å². The Morgan fingerprint density at radius 2 is 1.81 bits per heavy atom. The second kappa shape index (κ2) is 8.59. The summed E-state index contributed by atoms with van der Waals surface area (Å²) in [6.07, 6.45) is 5.89. The van der Waals surface area contributed by atoms with Crippen molar-refractivity contribution in [3.63, 3.8) is 0 Å². The van der Waals surface area contributed by atoms with Crippen molar-refractivity contribution in [3.05, 3.63) is 0 Å². The molecule has 1 fully saturated rings. The first-order valence-electron chi connectivity index (χ1n) is 7.32. The Morgan fingerprint density at radius 1 is 1.19 bits per heavy atom. The summed E-state index contributed by atoms with van der Waals surface area (Å²) in [7, 11) is 0. The van der Waals surface area contributed by atoms with Crippen molar-refractivity contribution in [2.75, 3.05) is 6.67 Å². The minimum atomic E-state index is -1.57. The zero-order valence-corrected chi connectivity index (χ0v) is 12.2. The van der Waals surface area contributed by atoms with Gasteiger partial charge in [-0.1, -0.05) is 19.3 Å². The molecule has 0 aromatic carbocycles. The van der Waals surface area contributed by atoms with E-state index in [0.717, 1.165) is 25.7 Å². The average Bonchev–Trinajstić information content (AvgIpc) is 2.44. The molecular weight excluding hydrogens is 279 g/mol. The molecule has 6 nitrogen and oxygen atoms in total. The van der Waals surface area contributed by atoms with Gasteiger partial charge in [-0.25, -0.2) is 9.18 Å². The molecule has 0 spiro atoms. The number of hydrogen-bond donors (Lipinski definition) is 3. The molecule has 120 valence electrons. The van der Waals surface area contributed by atoms with Crippen LogP contribution in [0.1, 0.15) is 45.4 Å². The van der Waals surface area contributed by atoms with Gasteiger partial charge in [-0.15, -0.1) is 0 Å². The van der Waals surface area contributed by atoms with Gasteiger partial charge in [0.15, 0.2) is 6.04 Å². The Morgan fingerprint density at radius 3 is 2.33 bits per heavy atom. The highest BCUT2D eigenvalue weighted by molar-refractivity contribution is 5.90. The third kappa shape index (κ3) is 6.10. The van der Waals surface area contributed by atoms with Crippen LogP contribution in [-0.4, -0.2) is 41.6 Å². The van der Waals surface area contributed by atoms with Crippen molar-refractivity contribution in [3.8, 4) is 0 Å². The van der Waals surface area contributed by atoms with E-state index < -0.39 is 30.6 Å². The number of carboxylic acid groups (broad SMARTS) is 1. The quantitative estimate of drug-likeness (QED) is 0.654. The maximum Gasteiger partial charge on any atom is 0.328 e. The number of aliphatic carboxylic acids is 1. The second-order valence-corrected chi connectivity index (χ2v) is 5.55. The number of rotatable bonds is 7. The molecule has 2 unspecified atom stereocenters. The normalized spacial score (nSPS) is 18.6. The van der Waals surface area contributed by atoms with E-state index in [9.17, 15) is 18.8 Å². The summed E-state index contributed by atoms with van der Waals surface area (Å²) in [4.78, 5) is 34.2. The molecule has 1 rings (SSSR count). The van der Waals surface area contributed by atoms with Crippen molar-refractivity contribution in [2.45, 2.75) is 57.5 Å². The average molecular weight is 302 g/mol. The van der Waals surface area contributed by atoms with Gasteiger partial charge in [-0.3, -0.25) is 9.59 Å². The van der Waals surface area contributed by atoms with E-state index in [0.29, 0.717) is 12.3 Å². The zero-order chi connectivity index (χ0) is 15.8. The van der Waals surface area contributed by atoms with Crippen molar-refractivity contribution >= 4 is 17.8 Å². The largest absolute Gasteiger partial charge is 0.480 e. The Balaban J connectivity index is 2.36. The minimum absolute atomic E-state index is 0.225. The number of carbonyl (C=O) groups is 3. The van der Waals surface area contributed by atoms with Gasteiger partial charge in [0.25, 0.3) is 0 Å². The van der Waals surface area contributed by atoms with E-state index in [4.69, 9.17) is 5.11 Å². The molecule has 0 aromatic heterocycles. The number of halogens is 1. The zero-order valence-electron chi connectivity index (χ0n) is 12.2. The second-order valence-electron chi connectivity index (χ2n) is 5.55. The van der Waals surface area contributed by atoms with Gasteiger partial charge in [0.1, 0.15) is 12.7 Å². The predicted molar refractivity (Wildman–Crippen MR) is 74.3 cm³/mol. The molecule has 0 heterocycles. The summed E-state index contributed by atoms with van der Waals surface area (Å²) in [6.45, 7) is 0.259. The number of carbonyl (C=O) groups excluding carboxylic acids is 2. The molecule has 2 atom stereocenters. The van der Waals surface area contributed by atoms with E-state index in [2.05, 4.69) is 5.32 Å². The molecule has 1 aliphatic carbocycles. The molecule has 1 saturated carbocycles. The number of nitrogens with one attached hydrogen (secondary N) is 2. The van der Waals surface area contributed by atoms with Crippen molar-refractivity contribution in [1.29, 1.82) is 0 Å². The van der Waals surface area contributed by atoms with Crippen LogP contribution in [0.2, 0.25) is 0 Å². The van der Waals surface area contributed by atoms with Crippen LogP contribution in [0.25, 0.3) is 0 Å². The van der Waals surface area contributed by atoms with Crippen LogP contribution in [0.4, 0.5) is 4.39 Å². The van der Waals surface area contributed by atoms with E-state index in [1.165, 1.54) is 13.3 Å². The lowest BCUT2D eigenvalue weighted by Crippen LogP contribution is -2.51. The number of alkyl halides is 1. The molecule has 2 amide bonds. The lowest BCUT2D eigenvalue weighted by Gasteiger charge is -2.22. The molecule has 21 heavy (non-hydrogen) atoms. The first-order valence-corrected chi connectivity index (χ1v) is 7.32. The Bertz CT molecular complexity index is 383. The molecular formula is C14H23FN2O4. The van der Waals surface area contributed by atoms with Crippen molar-refractivity contribution in [2.24, 2.45) is 5.92 Å². The highest BCUT2D eigenvalue weighted by Gasteiger charge is 2.24. The lowest BCUT2D eigenvalue weighted by molar-refractivity contribution is -0.142. The third-order valence-corrected chi connectivity index (χ3v) is 3.74. The Hall–Kier alpha value is -1.66. The number of carboxylic acids is 1. The maximum atomic E-state index is 12.4. The summed E-state index contributed by atoms with van der Waals surface area (Å²) in [5.41, 5.74) is 0. The molecule has 7 heteroatoms. The topological polar surface area (TPSA) is 95.5 Å². The maximum absolute atomic E-state index is 12.4. The molecule has 1 aliphatic rings. The summed E-state index contributed by atoms with van der Waals surface area (Å²) in [5, 5.41) is 13.2. The van der Waals surface area contributed by atoms with Crippen LogP contribution >= 0.6 is 0 Å². The standard InChI is InChI=1S/C14H23FN2O4/c1-9(13(19)17-11(8-15)14(20)21)16-12(18)7-10-5-3-2-4-6-10/h9-11H,2-8H2,1H3,(H,16,18)(H,17,19)(H,20,21). The fraction of sp³-hybridized carbons (Fsp3) is 0.786. The van der Waals surface area contributed by atoms with E-state index in [-0.39, 0.29) is 5.91 Å². The van der Waals surface area contributed by atoms with Gasteiger partial charge in [0.2, 0.25) is 11.8 Å². The SMILES string of the molecule is CC(NC(=O)CC1CCCCC1)C(=O)NC(CF)C(=O)O. The van der Waals surface area contributed by atoms with Crippen LogP contribution in [0.3, 0.4) is 0 Å². The van der Waals surface area contributed by atoms with Crippen LogP contribution in [-0.2, 0) is 14.4 Å². The number of amides is 2. The lowest BCUT2D eigenvalue weighted by atomic mass is 9.87. The third-order valence-electron chi connectivity index (χ3n) is 3.74. The van der Waals surface area contributed by atoms with E-state index >= 15 is 0 Å². The van der Waals surface area contributed by atoms with Gasteiger partial charge < -0.3 is 15.7 Å². The molecule has 0 radical (unpaired) electrons. The summed E-state index contributed by atoms with van der Waals surface area (Å²) in [5.74, 6) is -2.01. The fourth-order valence-corrected chi connectivity index (χ4v) is 2.48. The van der Waals surface area contributed by atoms with Gasteiger partial charge >= 0.3 is 5.97 Å². The van der Waals surface area contributed by atoms with Gasteiger partial charge in [0, 0.05) is 6.42 Å². The molecule has 3 N–H and O–H groups in total. The molecule has 0 aromatic rings. The summed E-state index contributed by atoms with van der Waals surface area (Å²) < 4.78 is 12.4. The van der Waals surface area contributed by atoms with Crippen LogP contribution in [0.5, 0.6) is 0 Å². The van der Waals surface area contributed by atoms with E-state index in [1.54, 1.807) is 0 Å². The van der Waals surface area contributed by atoms with Crippen molar-refractivity contribution in [1.82, 2.24) is 10.6 Å². The summed E-state index contributed by atoms with van der Waals surface area (Å²) >= 11 is 0. The van der Waals surface area contributed by atoms with Gasteiger partial charge in [-0.2, -0.15) is 0 Å². The molecule has 0 aliphatic heterocycles. The van der Waals surface area contributed by atoms with E-state index in [1.807, 2.05) is 5.32 Å². The summed E-state index contributed by atoms with van der Waals surface area (Å²) in [6, 6.07) is -2.45. The van der Waals surface area contributed by atoms with Gasteiger partial charge in [-0.05, 0) is 25.7 Å². The Kier molecular flexibility index (Phi) is 7.11. The number of hydrogen-bond acceptors (Lipinski definition) is 3. The Labute approximate surface area is 123 Å². The van der Waals surface area contributed by atoms with Crippen LogP contribution < -0.4 is 10.6 Å². The van der Waals surface area contributed by atoms with Gasteiger partial charge in [0.05, 0.1) is 0 Å². The fourth-order valence-electron chi connectivity index (χ4n) is 2.48. The van der Waals surface area contributed by atoms with Crippen LogP contribution in [0, 0.1) is 5.92 Å². The predicted octanol–water partition coefficient (Wildman–Crippen LogP) is 1.00. The minimum Gasteiger partial charge on any atom is -0.480 e. The smallest absolute Gasteiger partial charge is 0.328 e. The molecule has 0 saturated heterocycles. The highest BCUT2D eigenvalue weighted by Crippen LogP contribution is 2.26. The first-order chi connectivity index (χ1) is 9.93. The monoisotopic (exact) mass is 302 g/mol. The van der Waals surface area contributed by atoms with Crippen molar-refractivity contribution < 1.29 is 23.9 Å². The first kappa shape index (κ1) is 17.4.